The summed E-state index contributed by atoms with van der Waals surface area (Å²) < 4.78 is 10.6. The number of imide groups is 1. The third-order valence-corrected chi connectivity index (χ3v) is 7.16. The van der Waals surface area contributed by atoms with Gasteiger partial charge >= 0.3 is 5.97 Å². The Labute approximate surface area is 197 Å². The molecule has 2 fully saturated rings. The molecule has 0 radical (unpaired) electrons. The normalized spacial score (nSPS) is 25.0. The van der Waals surface area contributed by atoms with Crippen LogP contribution in [-0.2, 0) is 16.1 Å². The maximum atomic E-state index is 12.9. The Balaban J connectivity index is 1.24. The molecule has 2 atom stereocenters. The first kappa shape index (κ1) is 22.4. The van der Waals surface area contributed by atoms with E-state index in [9.17, 15) is 19.2 Å². The fourth-order valence-electron chi connectivity index (χ4n) is 6.16. The molecule has 1 aliphatic carbocycles. The van der Waals surface area contributed by atoms with E-state index in [-0.39, 0.29) is 52.6 Å². The number of hydrogen-bond acceptors (Lipinski definition) is 6. The van der Waals surface area contributed by atoms with Crippen LogP contribution in [-0.4, -0.2) is 52.7 Å². The van der Waals surface area contributed by atoms with E-state index in [0.29, 0.717) is 12.3 Å². The Kier molecular flexibility index (Phi) is 5.15. The van der Waals surface area contributed by atoms with Gasteiger partial charge in [0.2, 0.25) is 0 Å². The number of hydrogen-bond donors (Lipinski definition) is 0. The number of esters is 1. The minimum absolute atomic E-state index is 0.0142. The van der Waals surface area contributed by atoms with Crippen molar-refractivity contribution in [3.8, 4) is 0 Å². The van der Waals surface area contributed by atoms with E-state index >= 15 is 0 Å². The van der Waals surface area contributed by atoms with Crippen molar-refractivity contribution < 1.29 is 28.3 Å². The number of ether oxygens (including phenoxy) is 1. The molecule has 1 aromatic carbocycles. The van der Waals surface area contributed by atoms with E-state index in [1.807, 2.05) is 4.90 Å². The van der Waals surface area contributed by atoms with Crippen LogP contribution in [0.25, 0.3) is 0 Å². The molecule has 5 rings (SSSR count). The molecule has 2 aromatic rings. The molecule has 1 saturated heterocycles. The van der Waals surface area contributed by atoms with Crippen molar-refractivity contribution in [3.05, 3.63) is 59.0 Å². The van der Waals surface area contributed by atoms with Crippen LogP contribution in [0, 0.1) is 10.8 Å². The molecule has 1 aromatic heterocycles. The Morgan fingerprint density at radius 1 is 1.09 bits per heavy atom. The summed E-state index contributed by atoms with van der Waals surface area (Å²) >= 11 is 0. The molecule has 1 saturated carbocycles. The van der Waals surface area contributed by atoms with Gasteiger partial charge in [-0.25, -0.2) is 4.79 Å². The highest BCUT2D eigenvalue weighted by Gasteiger charge is 2.51. The quantitative estimate of drug-likeness (QED) is 0.495. The zero-order valence-electron chi connectivity index (χ0n) is 19.6. The third-order valence-electron chi connectivity index (χ3n) is 7.16. The van der Waals surface area contributed by atoms with Gasteiger partial charge in [-0.15, -0.1) is 0 Å². The maximum Gasteiger partial charge on any atom is 0.338 e. The summed E-state index contributed by atoms with van der Waals surface area (Å²) in [5.41, 5.74) is 0.773. The number of likely N-dealkylation sites (tertiary alicyclic amines) is 1. The zero-order chi connectivity index (χ0) is 24.3. The Morgan fingerprint density at radius 3 is 2.59 bits per heavy atom. The number of carbonyl (C=O) groups excluding carboxylic acids is 4. The van der Waals surface area contributed by atoms with Gasteiger partial charge in [-0.2, -0.15) is 0 Å². The highest BCUT2D eigenvalue weighted by Crippen LogP contribution is 2.52. The summed E-state index contributed by atoms with van der Waals surface area (Å²) in [6.45, 7) is 7.04. The zero-order valence-corrected chi connectivity index (χ0v) is 19.6. The number of rotatable bonds is 5. The SMILES string of the molecule is CC1(C)C[C@H]2C[C@@](C)(CN2C(=O)COC(=O)c2ccc3c(c2)C(=O)N(Cc2ccco2)C3=O)C1. The number of nitrogens with zero attached hydrogens (tertiary/aromatic N) is 2. The minimum Gasteiger partial charge on any atom is -0.467 e. The smallest absolute Gasteiger partial charge is 0.338 e. The van der Waals surface area contributed by atoms with Crippen LogP contribution in [0.4, 0.5) is 0 Å². The molecule has 0 N–H and O–H groups in total. The van der Waals surface area contributed by atoms with Gasteiger partial charge in [-0.05, 0) is 60.4 Å². The van der Waals surface area contributed by atoms with Crippen LogP contribution < -0.4 is 0 Å². The van der Waals surface area contributed by atoms with E-state index in [4.69, 9.17) is 9.15 Å². The van der Waals surface area contributed by atoms with Gasteiger partial charge in [0, 0.05) is 12.6 Å². The van der Waals surface area contributed by atoms with Crippen LogP contribution in [0.15, 0.2) is 41.0 Å². The Bertz CT molecular complexity index is 1180. The second-order valence-electron chi connectivity index (χ2n) is 10.8. The van der Waals surface area contributed by atoms with Crippen molar-refractivity contribution in [1.82, 2.24) is 9.80 Å². The number of carbonyl (C=O) groups is 4. The Morgan fingerprint density at radius 2 is 1.85 bits per heavy atom. The highest BCUT2D eigenvalue weighted by molar-refractivity contribution is 6.21. The van der Waals surface area contributed by atoms with Crippen molar-refractivity contribution in [3.63, 3.8) is 0 Å². The lowest BCUT2D eigenvalue weighted by Gasteiger charge is -2.39. The highest BCUT2D eigenvalue weighted by atomic mass is 16.5. The van der Waals surface area contributed by atoms with Gasteiger partial charge in [-0.1, -0.05) is 20.8 Å². The van der Waals surface area contributed by atoms with Crippen molar-refractivity contribution in [1.29, 1.82) is 0 Å². The average molecular weight is 465 g/mol. The lowest BCUT2D eigenvalue weighted by molar-refractivity contribution is -0.135. The lowest BCUT2D eigenvalue weighted by Crippen LogP contribution is -2.39. The van der Waals surface area contributed by atoms with Crippen LogP contribution >= 0.6 is 0 Å². The molecule has 178 valence electrons. The van der Waals surface area contributed by atoms with Gasteiger partial charge in [0.1, 0.15) is 5.76 Å². The molecule has 0 spiro atoms. The van der Waals surface area contributed by atoms with Crippen molar-refractivity contribution in [2.45, 2.75) is 52.6 Å². The molecule has 3 amide bonds. The molecule has 8 nitrogen and oxygen atoms in total. The fourth-order valence-corrected chi connectivity index (χ4v) is 6.16. The molecule has 2 aliphatic heterocycles. The number of furan rings is 1. The molecule has 34 heavy (non-hydrogen) atoms. The summed E-state index contributed by atoms with van der Waals surface area (Å²) in [4.78, 5) is 53.9. The van der Waals surface area contributed by atoms with Crippen molar-refractivity contribution >= 4 is 23.7 Å². The van der Waals surface area contributed by atoms with E-state index in [1.165, 1.54) is 24.5 Å². The molecule has 3 heterocycles. The average Bonchev–Trinajstić information content (AvgIpc) is 3.44. The van der Waals surface area contributed by atoms with Crippen molar-refractivity contribution in [2.24, 2.45) is 10.8 Å². The summed E-state index contributed by atoms with van der Waals surface area (Å²) in [6, 6.07) is 7.78. The predicted molar refractivity (Wildman–Crippen MR) is 121 cm³/mol. The summed E-state index contributed by atoms with van der Waals surface area (Å²) in [5, 5.41) is 0. The van der Waals surface area contributed by atoms with Gasteiger partial charge in [0.25, 0.3) is 17.7 Å². The molecular weight excluding hydrogens is 436 g/mol. The number of amides is 3. The minimum atomic E-state index is -0.699. The van der Waals surface area contributed by atoms with E-state index < -0.39 is 17.8 Å². The lowest BCUT2D eigenvalue weighted by atomic mass is 9.65. The first-order valence-corrected chi connectivity index (χ1v) is 11.5. The van der Waals surface area contributed by atoms with Gasteiger partial charge in [0.15, 0.2) is 6.61 Å². The summed E-state index contributed by atoms with van der Waals surface area (Å²) in [7, 11) is 0. The number of fused-ring (bicyclic) bond motifs is 3. The summed E-state index contributed by atoms with van der Waals surface area (Å²) in [6.07, 6.45) is 4.46. The Hall–Kier alpha value is -3.42. The van der Waals surface area contributed by atoms with E-state index in [2.05, 4.69) is 20.8 Å². The third kappa shape index (κ3) is 3.91. The van der Waals surface area contributed by atoms with Crippen LogP contribution in [0.1, 0.15) is 76.9 Å². The first-order valence-electron chi connectivity index (χ1n) is 11.5. The second-order valence-corrected chi connectivity index (χ2v) is 10.8. The largest absolute Gasteiger partial charge is 0.467 e. The van der Waals surface area contributed by atoms with E-state index in [1.54, 1.807) is 12.1 Å². The molecule has 2 bridgehead atoms. The van der Waals surface area contributed by atoms with Gasteiger partial charge < -0.3 is 14.1 Å². The van der Waals surface area contributed by atoms with Crippen LogP contribution in [0.2, 0.25) is 0 Å². The monoisotopic (exact) mass is 464 g/mol. The molecular formula is C26H28N2O6. The fraction of sp³-hybridized carbons (Fsp3) is 0.462. The van der Waals surface area contributed by atoms with Gasteiger partial charge in [-0.3, -0.25) is 19.3 Å². The summed E-state index contributed by atoms with van der Waals surface area (Å²) in [5.74, 6) is -1.35. The maximum absolute atomic E-state index is 12.9. The standard InChI is InChI=1S/C26H28N2O6/c1-25(2)10-17-11-26(3,14-25)15-28(17)21(29)13-34-24(32)16-6-7-19-20(9-16)23(31)27(22(19)30)12-18-5-4-8-33-18/h4-9,17H,10-15H2,1-3H3/t17-,26+/m0/s1. The van der Waals surface area contributed by atoms with Crippen LogP contribution in [0.3, 0.4) is 0 Å². The van der Waals surface area contributed by atoms with Gasteiger partial charge in [0.05, 0.1) is 29.5 Å². The predicted octanol–water partition coefficient (Wildman–Crippen LogP) is 3.66. The molecule has 0 unspecified atom stereocenters. The van der Waals surface area contributed by atoms with Crippen LogP contribution in [0.5, 0.6) is 0 Å². The first-order chi connectivity index (χ1) is 16.1. The molecule has 3 aliphatic rings. The van der Waals surface area contributed by atoms with Crippen molar-refractivity contribution in [2.75, 3.05) is 13.2 Å². The number of benzene rings is 1. The molecule has 8 heteroatoms. The topological polar surface area (TPSA) is 97.1 Å². The second kappa shape index (κ2) is 7.82. The van der Waals surface area contributed by atoms with E-state index in [0.717, 1.165) is 24.2 Å².